The van der Waals surface area contributed by atoms with Crippen LogP contribution in [0.5, 0.6) is 0 Å². The van der Waals surface area contributed by atoms with E-state index in [2.05, 4.69) is 0 Å². The molecule has 0 aliphatic carbocycles. The number of amides is 2. The fourth-order valence-corrected chi connectivity index (χ4v) is 1.63. The van der Waals surface area contributed by atoms with E-state index in [9.17, 15) is 4.79 Å². The molecule has 4 nitrogen and oxygen atoms in total. The minimum atomic E-state index is 0.0809. The molecule has 2 amide bonds. The zero-order chi connectivity index (χ0) is 9.84. The molecule has 1 aliphatic heterocycles. The average molecular weight is 185 g/mol. The summed E-state index contributed by atoms with van der Waals surface area (Å²) in [5.74, 6) is 0. The topological polar surface area (TPSA) is 49.6 Å². The van der Waals surface area contributed by atoms with E-state index in [1.807, 2.05) is 4.90 Å². The summed E-state index contributed by atoms with van der Waals surface area (Å²) in [6, 6.07) is 0.240. The Bertz CT molecular complexity index is 182. The first kappa shape index (κ1) is 10.3. The third kappa shape index (κ3) is 2.88. The Labute approximate surface area is 79.7 Å². The minimum absolute atomic E-state index is 0.0809. The van der Waals surface area contributed by atoms with E-state index in [-0.39, 0.29) is 12.1 Å². The molecule has 1 rings (SSSR count). The summed E-state index contributed by atoms with van der Waals surface area (Å²) in [7, 11) is 3.55. The number of carbonyl (C=O) groups excluding carboxylic acids is 1. The van der Waals surface area contributed by atoms with Crippen LogP contribution in [-0.4, -0.2) is 49.1 Å². The molecule has 0 bridgehead atoms. The van der Waals surface area contributed by atoms with E-state index in [1.165, 1.54) is 0 Å². The van der Waals surface area contributed by atoms with Crippen LogP contribution in [0.2, 0.25) is 0 Å². The molecule has 1 aliphatic rings. The van der Waals surface area contributed by atoms with Crippen molar-refractivity contribution in [2.24, 2.45) is 5.73 Å². The summed E-state index contributed by atoms with van der Waals surface area (Å²) in [6.07, 6.45) is 3.25. The van der Waals surface area contributed by atoms with Crippen molar-refractivity contribution in [2.75, 3.05) is 27.2 Å². The van der Waals surface area contributed by atoms with Crippen molar-refractivity contribution in [3.8, 4) is 0 Å². The van der Waals surface area contributed by atoms with Crippen molar-refractivity contribution in [2.45, 2.75) is 25.3 Å². The maximum absolute atomic E-state index is 11.6. The van der Waals surface area contributed by atoms with Crippen LogP contribution in [0, 0.1) is 0 Å². The first-order chi connectivity index (χ1) is 6.11. The van der Waals surface area contributed by atoms with Crippen LogP contribution in [0.4, 0.5) is 4.79 Å². The standard InChI is InChI=1S/C9H19N3O/c1-11(2)9(13)12-6-4-3-5-8(10)7-12/h8H,3-7,10H2,1-2H3. The lowest BCUT2D eigenvalue weighted by Gasteiger charge is -2.25. The normalized spacial score (nSPS) is 23.9. The van der Waals surface area contributed by atoms with E-state index < -0.39 is 0 Å². The van der Waals surface area contributed by atoms with Crippen LogP contribution in [-0.2, 0) is 0 Å². The van der Waals surface area contributed by atoms with Gasteiger partial charge in [0.05, 0.1) is 0 Å². The van der Waals surface area contributed by atoms with Gasteiger partial charge in [-0.15, -0.1) is 0 Å². The summed E-state index contributed by atoms with van der Waals surface area (Å²) in [5.41, 5.74) is 5.85. The van der Waals surface area contributed by atoms with E-state index in [4.69, 9.17) is 5.73 Å². The number of urea groups is 1. The Morgan fingerprint density at radius 1 is 1.46 bits per heavy atom. The molecule has 0 aromatic carbocycles. The predicted octanol–water partition coefficient (Wildman–Crippen LogP) is 0.481. The van der Waals surface area contributed by atoms with E-state index in [0.29, 0.717) is 6.54 Å². The maximum Gasteiger partial charge on any atom is 0.319 e. The van der Waals surface area contributed by atoms with Crippen molar-refractivity contribution in [3.63, 3.8) is 0 Å². The molecule has 1 fully saturated rings. The molecular weight excluding hydrogens is 166 g/mol. The lowest BCUT2D eigenvalue weighted by Crippen LogP contribution is -2.44. The van der Waals surface area contributed by atoms with Gasteiger partial charge < -0.3 is 15.5 Å². The number of carbonyl (C=O) groups is 1. The van der Waals surface area contributed by atoms with E-state index >= 15 is 0 Å². The molecule has 4 heteroatoms. The Morgan fingerprint density at radius 2 is 2.15 bits per heavy atom. The summed E-state index contributed by atoms with van der Waals surface area (Å²) >= 11 is 0. The zero-order valence-corrected chi connectivity index (χ0v) is 8.49. The number of hydrogen-bond acceptors (Lipinski definition) is 2. The third-order valence-electron chi connectivity index (χ3n) is 2.36. The van der Waals surface area contributed by atoms with Gasteiger partial charge in [0.25, 0.3) is 0 Å². The van der Waals surface area contributed by atoms with Gasteiger partial charge in [0.15, 0.2) is 0 Å². The quantitative estimate of drug-likeness (QED) is 0.597. The molecular formula is C9H19N3O. The van der Waals surface area contributed by atoms with Gasteiger partial charge in [0.1, 0.15) is 0 Å². The first-order valence-electron chi connectivity index (χ1n) is 4.83. The molecule has 0 radical (unpaired) electrons. The fraction of sp³-hybridized carbons (Fsp3) is 0.889. The van der Waals surface area contributed by atoms with E-state index in [0.717, 1.165) is 25.8 Å². The smallest absolute Gasteiger partial charge is 0.319 e. The number of likely N-dealkylation sites (tertiary alicyclic amines) is 1. The SMILES string of the molecule is CN(C)C(=O)N1CCCCC(N)C1. The Balaban J connectivity index is 2.52. The van der Waals surface area contributed by atoms with Gasteiger partial charge in [-0.25, -0.2) is 4.79 Å². The zero-order valence-electron chi connectivity index (χ0n) is 8.49. The van der Waals surface area contributed by atoms with Gasteiger partial charge >= 0.3 is 6.03 Å². The second-order valence-electron chi connectivity index (χ2n) is 3.88. The lowest BCUT2D eigenvalue weighted by molar-refractivity contribution is 0.171. The van der Waals surface area contributed by atoms with Crippen LogP contribution in [0.3, 0.4) is 0 Å². The second-order valence-corrected chi connectivity index (χ2v) is 3.88. The van der Waals surface area contributed by atoms with Crippen LogP contribution >= 0.6 is 0 Å². The van der Waals surface area contributed by atoms with Gasteiger partial charge in [-0.05, 0) is 12.8 Å². The summed E-state index contributed by atoms with van der Waals surface area (Å²) in [4.78, 5) is 15.0. The number of nitrogens with zero attached hydrogens (tertiary/aromatic N) is 2. The summed E-state index contributed by atoms with van der Waals surface area (Å²) in [6.45, 7) is 1.56. The molecule has 1 saturated heterocycles. The van der Waals surface area contributed by atoms with Crippen molar-refractivity contribution in [3.05, 3.63) is 0 Å². The molecule has 0 saturated carbocycles. The van der Waals surface area contributed by atoms with Crippen molar-refractivity contribution in [1.29, 1.82) is 0 Å². The molecule has 2 N–H and O–H groups in total. The van der Waals surface area contributed by atoms with Gasteiger partial charge in [0.2, 0.25) is 0 Å². The fourth-order valence-electron chi connectivity index (χ4n) is 1.63. The monoisotopic (exact) mass is 185 g/mol. The molecule has 1 atom stereocenters. The maximum atomic E-state index is 11.6. The first-order valence-corrected chi connectivity index (χ1v) is 4.83. The molecule has 0 aromatic heterocycles. The Hall–Kier alpha value is -0.770. The second kappa shape index (κ2) is 4.46. The van der Waals surface area contributed by atoms with E-state index in [1.54, 1.807) is 19.0 Å². The van der Waals surface area contributed by atoms with Gasteiger partial charge in [-0.1, -0.05) is 6.42 Å². The summed E-state index contributed by atoms with van der Waals surface area (Å²) < 4.78 is 0. The highest BCUT2D eigenvalue weighted by Crippen LogP contribution is 2.10. The highest BCUT2D eigenvalue weighted by Gasteiger charge is 2.20. The predicted molar refractivity (Wildman–Crippen MR) is 52.5 cm³/mol. The van der Waals surface area contributed by atoms with Gasteiger partial charge in [0, 0.05) is 33.2 Å². The van der Waals surface area contributed by atoms with Gasteiger partial charge in [-0.3, -0.25) is 0 Å². The van der Waals surface area contributed by atoms with Crippen LogP contribution in [0.25, 0.3) is 0 Å². The number of nitrogens with two attached hydrogens (primary N) is 1. The van der Waals surface area contributed by atoms with Crippen LogP contribution in [0.1, 0.15) is 19.3 Å². The molecule has 1 heterocycles. The molecule has 13 heavy (non-hydrogen) atoms. The van der Waals surface area contributed by atoms with Gasteiger partial charge in [-0.2, -0.15) is 0 Å². The van der Waals surface area contributed by atoms with Crippen LogP contribution in [0.15, 0.2) is 0 Å². The van der Waals surface area contributed by atoms with Crippen molar-refractivity contribution in [1.82, 2.24) is 9.80 Å². The van der Waals surface area contributed by atoms with Crippen LogP contribution < -0.4 is 5.73 Å². The highest BCUT2D eigenvalue weighted by molar-refractivity contribution is 5.73. The van der Waals surface area contributed by atoms with Crippen molar-refractivity contribution >= 4 is 6.03 Å². The Morgan fingerprint density at radius 3 is 2.77 bits per heavy atom. The molecule has 0 aromatic rings. The largest absolute Gasteiger partial charge is 0.331 e. The molecule has 0 spiro atoms. The highest BCUT2D eigenvalue weighted by atomic mass is 16.2. The molecule has 76 valence electrons. The lowest BCUT2D eigenvalue weighted by atomic mass is 10.2. The average Bonchev–Trinajstić information content (AvgIpc) is 2.28. The Kier molecular flexibility index (Phi) is 3.54. The summed E-state index contributed by atoms with van der Waals surface area (Å²) in [5, 5.41) is 0. The number of hydrogen-bond donors (Lipinski definition) is 1. The van der Waals surface area contributed by atoms with Crippen molar-refractivity contribution < 1.29 is 4.79 Å². The number of rotatable bonds is 0. The minimum Gasteiger partial charge on any atom is -0.331 e. The third-order valence-corrected chi connectivity index (χ3v) is 2.36. The molecule has 1 unspecified atom stereocenters.